The fourth-order valence-corrected chi connectivity index (χ4v) is 8.28. The van der Waals surface area contributed by atoms with Crippen LogP contribution in [0.4, 0.5) is 5.82 Å². The van der Waals surface area contributed by atoms with E-state index in [1.165, 1.54) is 13.1 Å². The number of anilines is 1. The number of rotatable bonds is 13. The summed E-state index contributed by atoms with van der Waals surface area (Å²) in [6.45, 7) is 2.41. The van der Waals surface area contributed by atoms with Gasteiger partial charge in [-0.05, 0) is 68.9 Å². The van der Waals surface area contributed by atoms with E-state index >= 15 is 0 Å². The van der Waals surface area contributed by atoms with E-state index in [9.17, 15) is 29.4 Å². The number of piperidine rings is 1. The van der Waals surface area contributed by atoms with Crippen LogP contribution < -0.4 is 9.64 Å². The average Bonchev–Trinajstić information content (AvgIpc) is 3.83. The highest BCUT2D eigenvalue weighted by atomic mass is 16.5. The van der Waals surface area contributed by atoms with Gasteiger partial charge in [-0.25, -0.2) is 9.67 Å². The Morgan fingerprint density at radius 1 is 0.946 bits per heavy atom. The molecule has 4 aliphatic rings. The number of pyridine rings is 1. The van der Waals surface area contributed by atoms with Crippen molar-refractivity contribution in [2.75, 3.05) is 31.6 Å². The molecule has 2 bridgehead atoms. The number of aromatic nitrogens is 4. The number of likely N-dealkylation sites (N-methyl/N-ethyl adjacent to an activating group) is 1. The number of aromatic hydroxyl groups is 1. The van der Waals surface area contributed by atoms with Crippen molar-refractivity contribution in [3.63, 3.8) is 0 Å². The molecule has 0 saturated carbocycles. The molecule has 3 amide bonds. The SMILES string of the molecule is CN1C(=O)CCC(N2C(=O)c3c(OCCCCc4cn(Cc5cccc(N6CC7CC[C@H](C6)N7/C=C/C(=O)c6ccccc6O)n5)nn4)cccc3C2O)C1=O. The molecule has 0 aliphatic carbocycles. The van der Waals surface area contributed by atoms with Crippen molar-refractivity contribution >= 4 is 29.3 Å². The number of phenolic OH excluding ortho intramolecular Hbond substituents is 1. The lowest BCUT2D eigenvalue weighted by atomic mass is 10.0. The Morgan fingerprint density at radius 2 is 1.73 bits per heavy atom. The largest absolute Gasteiger partial charge is 0.507 e. The molecule has 15 nitrogen and oxygen atoms in total. The summed E-state index contributed by atoms with van der Waals surface area (Å²) in [4.78, 5) is 62.7. The first-order valence-electron chi connectivity index (χ1n) is 19.1. The molecular weight excluding hydrogens is 716 g/mol. The summed E-state index contributed by atoms with van der Waals surface area (Å²) in [5.41, 5.74) is 2.65. The summed E-state index contributed by atoms with van der Waals surface area (Å²) in [6, 6.07) is 17.3. The number of imide groups is 1. The van der Waals surface area contributed by atoms with Gasteiger partial charge in [-0.1, -0.05) is 35.5 Å². The third-order valence-corrected chi connectivity index (χ3v) is 11.2. The number of amides is 3. The Morgan fingerprint density at radius 3 is 2.54 bits per heavy atom. The van der Waals surface area contributed by atoms with Crippen molar-refractivity contribution in [1.29, 1.82) is 0 Å². The maximum absolute atomic E-state index is 13.5. The van der Waals surface area contributed by atoms with Gasteiger partial charge in [-0.3, -0.25) is 29.0 Å². The highest BCUT2D eigenvalue weighted by molar-refractivity contribution is 6.07. The van der Waals surface area contributed by atoms with Crippen LogP contribution >= 0.6 is 0 Å². The van der Waals surface area contributed by atoms with E-state index in [1.54, 1.807) is 47.2 Å². The Hall–Kier alpha value is -6.09. The van der Waals surface area contributed by atoms with Crippen LogP contribution in [0.25, 0.3) is 0 Å². The number of hydrogen-bond donors (Lipinski definition) is 2. The summed E-state index contributed by atoms with van der Waals surface area (Å²) in [6.07, 6.45) is 8.57. The van der Waals surface area contributed by atoms with Crippen LogP contribution in [-0.2, 0) is 22.6 Å². The van der Waals surface area contributed by atoms with Crippen LogP contribution in [0.15, 0.2) is 79.1 Å². The molecule has 6 heterocycles. The smallest absolute Gasteiger partial charge is 0.261 e. The molecule has 3 saturated heterocycles. The molecule has 4 atom stereocenters. The van der Waals surface area contributed by atoms with Gasteiger partial charge in [0.05, 0.1) is 35.7 Å². The number of aliphatic hydroxyl groups excluding tert-OH is 1. The lowest BCUT2D eigenvalue weighted by Crippen LogP contribution is -2.54. The summed E-state index contributed by atoms with van der Waals surface area (Å²) in [7, 11) is 1.39. The van der Waals surface area contributed by atoms with Crippen molar-refractivity contribution in [1.82, 2.24) is 34.7 Å². The zero-order valence-electron chi connectivity index (χ0n) is 31.1. The molecule has 4 aromatic rings. The minimum Gasteiger partial charge on any atom is -0.507 e. The van der Waals surface area contributed by atoms with Gasteiger partial charge >= 0.3 is 0 Å². The topological polar surface area (TPSA) is 175 Å². The van der Waals surface area contributed by atoms with Crippen molar-refractivity contribution in [3.8, 4) is 11.5 Å². The second-order valence-corrected chi connectivity index (χ2v) is 14.8. The normalized spacial score (nSPS) is 22.1. The molecule has 290 valence electrons. The number of likely N-dealkylation sites (tertiary alicyclic amines) is 1. The van der Waals surface area contributed by atoms with Gasteiger partial charge in [0, 0.05) is 62.7 Å². The van der Waals surface area contributed by atoms with Crippen LogP contribution in [0.5, 0.6) is 11.5 Å². The van der Waals surface area contributed by atoms with Gasteiger partial charge in [-0.2, -0.15) is 0 Å². The third-order valence-electron chi connectivity index (χ3n) is 11.2. The number of carbonyl (C=O) groups excluding carboxylic acids is 4. The van der Waals surface area contributed by atoms with Gasteiger partial charge in [-0.15, -0.1) is 5.10 Å². The van der Waals surface area contributed by atoms with Crippen LogP contribution in [0.1, 0.15) is 82.4 Å². The van der Waals surface area contributed by atoms with Gasteiger partial charge < -0.3 is 24.7 Å². The van der Waals surface area contributed by atoms with E-state index in [1.807, 2.05) is 30.6 Å². The fourth-order valence-electron chi connectivity index (χ4n) is 8.28. The molecule has 2 N–H and O–H groups in total. The van der Waals surface area contributed by atoms with Gasteiger partial charge in [0.2, 0.25) is 5.91 Å². The highest BCUT2D eigenvalue weighted by Crippen LogP contribution is 2.40. The van der Waals surface area contributed by atoms with Gasteiger partial charge in [0.25, 0.3) is 11.8 Å². The van der Waals surface area contributed by atoms with E-state index in [2.05, 4.69) is 20.1 Å². The van der Waals surface area contributed by atoms with E-state index in [4.69, 9.17) is 9.72 Å². The van der Waals surface area contributed by atoms with E-state index < -0.39 is 24.1 Å². The standard InChI is InChI=1S/C41H44N8O7/c1-45-37(52)18-17-32(40(45)54)49-39(53)31-11-7-13-35(38(31)41(49)55)56-21-5-4-8-27-23-47(44-43-27)22-26-9-6-14-36(42-26)46-24-28-15-16-29(25-46)48(28)20-19-34(51)30-10-2-3-12-33(30)50/h2-3,6-7,9-14,19-20,23,28-29,32,39,50,53H,4-5,8,15-18,21-22,24-25H2,1H3/b20-19+/t28-,29?,32?,39?/m1/s1. The summed E-state index contributed by atoms with van der Waals surface area (Å²) in [5, 5.41) is 29.8. The number of para-hydroxylation sites is 1. The van der Waals surface area contributed by atoms with Crippen LogP contribution in [-0.4, -0.2) is 113 Å². The minimum atomic E-state index is -1.30. The van der Waals surface area contributed by atoms with E-state index in [0.717, 1.165) is 59.4 Å². The Balaban J connectivity index is 0.811. The number of benzene rings is 2. The number of fused-ring (bicyclic) bond motifs is 3. The number of allylic oxidation sites excluding steroid dienone is 1. The lowest BCUT2D eigenvalue weighted by Gasteiger charge is -2.41. The second-order valence-electron chi connectivity index (χ2n) is 14.8. The molecule has 8 rings (SSSR count). The average molecular weight is 761 g/mol. The molecule has 56 heavy (non-hydrogen) atoms. The molecule has 2 aromatic heterocycles. The Kier molecular flexibility index (Phi) is 10.3. The number of ketones is 1. The van der Waals surface area contributed by atoms with Crippen molar-refractivity contribution in [3.05, 3.63) is 107 Å². The first-order chi connectivity index (χ1) is 27.2. The zero-order chi connectivity index (χ0) is 38.9. The van der Waals surface area contributed by atoms with Crippen molar-refractivity contribution < 1.29 is 34.1 Å². The molecule has 4 aliphatic heterocycles. The predicted molar refractivity (Wildman–Crippen MR) is 203 cm³/mol. The van der Waals surface area contributed by atoms with Crippen molar-refractivity contribution in [2.24, 2.45) is 0 Å². The first-order valence-corrected chi connectivity index (χ1v) is 19.1. The predicted octanol–water partition coefficient (Wildman–Crippen LogP) is 3.47. The van der Waals surface area contributed by atoms with Gasteiger partial charge in [0.1, 0.15) is 23.4 Å². The number of nitrogens with zero attached hydrogens (tertiary/aromatic N) is 8. The molecule has 3 fully saturated rings. The number of hydrogen-bond acceptors (Lipinski definition) is 12. The van der Waals surface area contributed by atoms with Crippen LogP contribution in [0.3, 0.4) is 0 Å². The Labute approximate surface area is 323 Å². The number of ether oxygens (including phenoxy) is 1. The third kappa shape index (κ3) is 7.21. The number of carbonyl (C=O) groups is 4. The summed E-state index contributed by atoms with van der Waals surface area (Å²) >= 11 is 0. The molecule has 2 aromatic carbocycles. The molecule has 0 spiro atoms. The molecular formula is C41H44N8O7. The van der Waals surface area contributed by atoms with E-state index in [0.29, 0.717) is 42.9 Å². The second kappa shape index (κ2) is 15.6. The maximum atomic E-state index is 13.5. The monoisotopic (exact) mass is 760 g/mol. The van der Waals surface area contributed by atoms with Crippen molar-refractivity contribution in [2.45, 2.75) is 75.8 Å². The number of aliphatic hydroxyl groups is 1. The zero-order valence-corrected chi connectivity index (χ0v) is 31.1. The van der Waals surface area contributed by atoms with Crippen LogP contribution in [0, 0.1) is 0 Å². The van der Waals surface area contributed by atoms with Crippen LogP contribution in [0.2, 0.25) is 0 Å². The molecule has 0 radical (unpaired) electrons. The fraction of sp³-hybridized carbons (Fsp3) is 0.390. The lowest BCUT2D eigenvalue weighted by molar-refractivity contribution is -0.153. The maximum Gasteiger partial charge on any atom is 0.261 e. The quantitative estimate of drug-likeness (QED) is 0.0881. The number of unbranched alkanes of at least 4 members (excludes halogenated alkanes) is 1. The highest BCUT2D eigenvalue weighted by Gasteiger charge is 2.47. The van der Waals surface area contributed by atoms with Gasteiger partial charge in [0.15, 0.2) is 12.0 Å². The first kappa shape index (κ1) is 36.9. The number of phenols is 1. The number of aryl methyl sites for hydroxylation is 1. The van der Waals surface area contributed by atoms with E-state index in [-0.39, 0.29) is 47.9 Å². The Bertz CT molecular complexity index is 2170. The summed E-state index contributed by atoms with van der Waals surface area (Å²) in [5.74, 6) is -0.259. The minimum absolute atomic E-state index is 0.0146. The molecule has 15 heteroatoms. The summed E-state index contributed by atoms with van der Waals surface area (Å²) < 4.78 is 7.81. The molecule has 3 unspecified atom stereocenters. The number of piperazine rings is 1.